The van der Waals surface area contributed by atoms with Gasteiger partial charge in [-0.15, -0.1) is 0 Å². The maximum atomic E-state index is 12.7. The molecule has 7 heteroatoms. The van der Waals surface area contributed by atoms with Crippen molar-refractivity contribution in [1.82, 2.24) is 20.9 Å². The third kappa shape index (κ3) is 5.27. The lowest BCUT2D eigenvalue weighted by Crippen LogP contribution is -2.57. The molecule has 0 aromatic rings. The fraction of sp³-hybridized carbons (Fsp3) is 0.886. The minimum atomic E-state index is -0.170. The van der Waals surface area contributed by atoms with Crippen molar-refractivity contribution >= 4 is 11.8 Å². The highest BCUT2D eigenvalue weighted by molar-refractivity contribution is 5.96. The first-order chi connectivity index (χ1) is 19.9. The number of nitrogens with zero attached hydrogens (tertiary/aromatic N) is 1. The highest BCUT2D eigenvalue weighted by Gasteiger charge is 2.68. The van der Waals surface area contributed by atoms with E-state index >= 15 is 0 Å². The first-order valence-corrected chi connectivity index (χ1v) is 17.3. The molecule has 11 atom stereocenters. The molecule has 7 nitrogen and oxygen atoms in total. The smallest absolute Gasteiger partial charge is 0.229 e. The molecule has 3 saturated carbocycles. The van der Waals surface area contributed by atoms with E-state index in [0.29, 0.717) is 29.9 Å². The summed E-state index contributed by atoms with van der Waals surface area (Å²) in [7, 11) is 4.05. The predicted molar refractivity (Wildman–Crippen MR) is 166 cm³/mol. The van der Waals surface area contributed by atoms with Crippen LogP contribution < -0.4 is 16.0 Å². The van der Waals surface area contributed by atoms with Crippen LogP contribution in [-0.2, 0) is 14.3 Å². The molecule has 2 amide bonds. The summed E-state index contributed by atoms with van der Waals surface area (Å²) in [4.78, 5) is 27.1. The van der Waals surface area contributed by atoms with E-state index in [1.807, 2.05) is 14.1 Å². The number of hydrogen-bond donors (Lipinski definition) is 3. The van der Waals surface area contributed by atoms with Gasteiger partial charge in [-0.05, 0) is 125 Å². The number of carbonyl (C=O) groups excluding carboxylic acids is 2. The van der Waals surface area contributed by atoms with Crippen molar-refractivity contribution in [2.45, 2.75) is 116 Å². The van der Waals surface area contributed by atoms with Crippen LogP contribution in [-0.4, -0.2) is 68.3 Å². The minimum Gasteiger partial charge on any atom is -0.357 e. The molecule has 5 fully saturated rings. The molecule has 0 radical (unpaired) electrons. The lowest BCUT2D eigenvalue weighted by molar-refractivity contribution is -0.129. The van der Waals surface area contributed by atoms with Crippen LogP contribution in [0.15, 0.2) is 11.6 Å². The molecule has 42 heavy (non-hydrogen) atoms. The van der Waals surface area contributed by atoms with E-state index < -0.39 is 0 Å². The van der Waals surface area contributed by atoms with Crippen LogP contribution in [0.4, 0.5) is 0 Å². The van der Waals surface area contributed by atoms with Gasteiger partial charge in [-0.3, -0.25) is 14.9 Å². The van der Waals surface area contributed by atoms with Gasteiger partial charge in [-0.2, -0.15) is 0 Å². The summed E-state index contributed by atoms with van der Waals surface area (Å²) < 4.78 is 7.06. The molecule has 6 aliphatic rings. The summed E-state index contributed by atoms with van der Waals surface area (Å²) in [5, 5.41) is 10.0. The van der Waals surface area contributed by atoms with Crippen LogP contribution in [0.1, 0.15) is 98.3 Å². The minimum absolute atomic E-state index is 0.0710. The van der Waals surface area contributed by atoms with Crippen molar-refractivity contribution in [1.29, 1.82) is 0 Å². The van der Waals surface area contributed by atoms with Crippen LogP contribution in [0.25, 0.3) is 0 Å². The molecule has 2 aliphatic heterocycles. The zero-order chi connectivity index (χ0) is 29.9. The monoisotopic (exact) mass is 582 g/mol. The third-order valence-corrected chi connectivity index (χ3v) is 13.4. The van der Waals surface area contributed by atoms with Crippen LogP contribution in [0, 0.1) is 46.3 Å². The molecular formula is C35H58N4O3. The Labute approximate surface area is 254 Å². The van der Waals surface area contributed by atoms with E-state index in [1.165, 1.54) is 38.5 Å². The summed E-state index contributed by atoms with van der Waals surface area (Å²) in [6.07, 6.45) is 14.4. The van der Waals surface area contributed by atoms with E-state index in [0.717, 1.165) is 62.4 Å². The molecule has 236 valence electrons. The second kappa shape index (κ2) is 11.5. The zero-order valence-corrected chi connectivity index (χ0v) is 27.3. The third-order valence-electron chi connectivity index (χ3n) is 13.4. The van der Waals surface area contributed by atoms with E-state index in [9.17, 15) is 9.59 Å². The lowest BCUT2D eigenvalue weighted by atomic mass is 9.46. The number of carbonyl (C=O) groups is 2. The van der Waals surface area contributed by atoms with Crippen molar-refractivity contribution in [3.8, 4) is 0 Å². The SMILES string of the molecule is C[C@@H]1CC[C@@]2(NC1)O[C@H]1C[C@H]3[C@@H]4CC=C5C[C@H](NC(=O)CC(=O)NCCCN(C)C)CC[C@]5(C)[C@H]4CC[C@]3(C)[C@H]1[C@@H]2C. The number of allylic oxidation sites excluding steroid dienone is 1. The van der Waals surface area contributed by atoms with Crippen molar-refractivity contribution in [2.75, 3.05) is 33.7 Å². The molecule has 0 aromatic carbocycles. The fourth-order valence-corrected chi connectivity index (χ4v) is 11.1. The Morgan fingerprint density at radius 2 is 1.88 bits per heavy atom. The molecule has 0 unspecified atom stereocenters. The van der Waals surface area contributed by atoms with E-state index in [4.69, 9.17) is 4.74 Å². The lowest BCUT2D eigenvalue weighted by Gasteiger charge is -2.58. The standard InChI is InChI=1S/C35H58N4O3/c1-22-10-15-35(37-21-22)23(2)32-29(42-35)19-28-26-9-8-24-18-25(11-13-33(24,3)27(26)12-14-34(28,32)4)38-31(41)20-30(40)36-16-7-17-39(5)6/h8,22-23,25-29,32,37H,7,9-21H2,1-6H3,(H,36,40)(H,38,41)/t22-,23+,25-,26-,27+,28+,29+,32+,33+,34+,35-/m1/s1. The number of ether oxygens (including phenoxy) is 1. The van der Waals surface area contributed by atoms with Gasteiger partial charge in [-0.1, -0.05) is 39.3 Å². The number of piperidine rings is 1. The van der Waals surface area contributed by atoms with E-state index in [1.54, 1.807) is 5.57 Å². The molecule has 6 rings (SSSR count). The van der Waals surface area contributed by atoms with Gasteiger partial charge in [-0.25, -0.2) is 0 Å². The summed E-state index contributed by atoms with van der Waals surface area (Å²) in [6.45, 7) is 12.7. The van der Waals surface area contributed by atoms with Crippen LogP contribution in [0.3, 0.4) is 0 Å². The predicted octanol–water partition coefficient (Wildman–Crippen LogP) is 4.87. The van der Waals surface area contributed by atoms with Gasteiger partial charge < -0.3 is 20.3 Å². The topological polar surface area (TPSA) is 82.7 Å². The maximum Gasteiger partial charge on any atom is 0.229 e. The average molecular weight is 583 g/mol. The fourth-order valence-electron chi connectivity index (χ4n) is 11.1. The van der Waals surface area contributed by atoms with Gasteiger partial charge >= 0.3 is 0 Å². The second-order valence-corrected chi connectivity index (χ2v) is 16.1. The molecule has 0 bridgehead atoms. The number of amides is 2. The quantitative estimate of drug-likeness (QED) is 0.227. The first kappa shape index (κ1) is 30.6. The van der Waals surface area contributed by atoms with Gasteiger partial charge in [0.05, 0.1) is 6.10 Å². The van der Waals surface area contributed by atoms with E-state index in [-0.39, 0.29) is 35.4 Å². The molecular weight excluding hydrogens is 524 g/mol. The second-order valence-electron chi connectivity index (χ2n) is 16.1. The Balaban J connectivity index is 1.06. The largest absolute Gasteiger partial charge is 0.357 e. The van der Waals surface area contributed by atoms with Gasteiger partial charge in [0.25, 0.3) is 0 Å². The van der Waals surface area contributed by atoms with Crippen molar-refractivity contribution < 1.29 is 14.3 Å². The Morgan fingerprint density at radius 1 is 1.07 bits per heavy atom. The normalized spacial score (nSPS) is 45.9. The van der Waals surface area contributed by atoms with Gasteiger partial charge in [0, 0.05) is 25.0 Å². The maximum absolute atomic E-state index is 12.7. The van der Waals surface area contributed by atoms with Crippen LogP contribution >= 0.6 is 0 Å². The Bertz CT molecular complexity index is 1070. The summed E-state index contributed by atoms with van der Waals surface area (Å²) in [5.41, 5.74) is 2.09. The van der Waals surface area contributed by atoms with Gasteiger partial charge in [0.15, 0.2) is 0 Å². The van der Waals surface area contributed by atoms with Crippen molar-refractivity contribution in [3.63, 3.8) is 0 Å². The molecule has 3 N–H and O–H groups in total. The highest BCUT2D eigenvalue weighted by Crippen LogP contribution is 2.70. The zero-order valence-electron chi connectivity index (χ0n) is 27.3. The highest BCUT2D eigenvalue weighted by atomic mass is 16.5. The van der Waals surface area contributed by atoms with Crippen LogP contribution in [0.5, 0.6) is 0 Å². The molecule has 1 spiro atoms. The summed E-state index contributed by atoms with van der Waals surface area (Å²) in [5.74, 6) is 3.91. The number of hydrogen-bond acceptors (Lipinski definition) is 5. The van der Waals surface area contributed by atoms with E-state index in [2.05, 4.69) is 54.6 Å². The number of fused-ring (bicyclic) bond motifs is 7. The average Bonchev–Trinajstić information content (AvgIpc) is 3.38. The Morgan fingerprint density at radius 3 is 2.62 bits per heavy atom. The summed E-state index contributed by atoms with van der Waals surface area (Å²) in [6, 6.07) is 0.144. The Hall–Kier alpha value is -1.44. The molecule has 0 aromatic heterocycles. The molecule has 4 aliphatic carbocycles. The summed E-state index contributed by atoms with van der Waals surface area (Å²) >= 11 is 0. The van der Waals surface area contributed by atoms with Crippen molar-refractivity contribution in [3.05, 3.63) is 11.6 Å². The molecule has 2 heterocycles. The number of nitrogens with one attached hydrogen (secondary N) is 3. The van der Waals surface area contributed by atoms with Crippen LogP contribution in [0.2, 0.25) is 0 Å². The Kier molecular flexibility index (Phi) is 8.36. The van der Waals surface area contributed by atoms with Crippen molar-refractivity contribution in [2.24, 2.45) is 46.3 Å². The first-order valence-electron chi connectivity index (χ1n) is 17.3. The molecule has 2 saturated heterocycles. The van der Waals surface area contributed by atoms with Gasteiger partial charge in [0.1, 0.15) is 12.1 Å². The van der Waals surface area contributed by atoms with Gasteiger partial charge in [0.2, 0.25) is 11.8 Å². The number of rotatable bonds is 7.